The second-order valence-corrected chi connectivity index (χ2v) is 8.47. The number of primary amides is 1. The molecule has 0 saturated carbocycles. The Morgan fingerprint density at radius 2 is 1.38 bits per heavy atom. The molecular formula is C27H37N3O4. The molecule has 184 valence electrons. The van der Waals surface area contributed by atoms with Crippen molar-refractivity contribution in [1.82, 2.24) is 10.6 Å². The minimum Gasteiger partial charge on any atom is -0.445 e. The van der Waals surface area contributed by atoms with Crippen molar-refractivity contribution in [2.45, 2.75) is 77.0 Å². The van der Waals surface area contributed by atoms with E-state index in [-0.39, 0.29) is 13.0 Å². The molecule has 0 heterocycles. The van der Waals surface area contributed by atoms with E-state index in [1.165, 1.54) is 12.8 Å². The number of nitrogens with two attached hydrogens (primary N) is 1. The van der Waals surface area contributed by atoms with E-state index in [0.29, 0.717) is 6.42 Å². The van der Waals surface area contributed by atoms with Gasteiger partial charge < -0.3 is 21.1 Å². The number of hydrogen-bond acceptors (Lipinski definition) is 4. The van der Waals surface area contributed by atoms with Crippen LogP contribution >= 0.6 is 0 Å². The molecule has 0 radical (unpaired) electrons. The number of ether oxygens (including phenoxy) is 1. The number of amides is 3. The molecule has 2 rings (SSSR count). The summed E-state index contributed by atoms with van der Waals surface area (Å²) in [4.78, 5) is 37.4. The van der Waals surface area contributed by atoms with Crippen LogP contribution in [0, 0.1) is 0 Å². The minimum atomic E-state index is -0.905. The molecule has 0 bridgehead atoms. The molecule has 0 saturated heterocycles. The minimum absolute atomic E-state index is 0.0916. The maximum atomic E-state index is 13.1. The van der Waals surface area contributed by atoms with Crippen LogP contribution in [0.1, 0.15) is 63.0 Å². The molecule has 4 N–H and O–H groups in total. The quantitative estimate of drug-likeness (QED) is 0.340. The van der Waals surface area contributed by atoms with Crippen LogP contribution in [-0.4, -0.2) is 30.0 Å². The molecule has 34 heavy (non-hydrogen) atoms. The SMILES string of the molecule is CCCCCCCC[C@H](NC(=O)[C@@H](Cc1ccccc1)NC(=O)OCc1ccccc1)C(N)=O. The Bertz CT molecular complexity index is 874. The second-order valence-electron chi connectivity index (χ2n) is 8.47. The molecule has 3 amide bonds. The van der Waals surface area contributed by atoms with Crippen LogP contribution in [0.3, 0.4) is 0 Å². The lowest BCUT2D eigenvalue weighted by Gasteiger charge is -2.22. The molecule has 0 aliphatic rings. The van der Waals surface area contributed by atoms with Gasteiger partial charge in [-0.25, -0.2) is 4.79 Å². The van der Waals surface area contributed by atoms with Crippen molar-refractivity contribution in [3.05, 3.63) is 71.8 Å². The van der Waals surface area contributed by atoms with Crippen LogP contribution in [0.4, 0.5) is 4.79 Å². The van der Waals surface area contributed by atoms with E-state index in [2.05, 4.69) is 17.6 Å². The van der Waals surface area contributed by atoms with Gasteiger partial charge in [0.15, 0.2) is 0 Å². The Morgan fingerprint density at radius 1 is 0.794 bits per heavy atom. The zero-order valence-electron chi connectivity index (χ0n) is 20.0. The van der Waals surface area contributed by atoms with Gasteiger partial charge in [0, 0.05) is 6.42 Å². The van der Waals surface area contributed by atoms with Gasteiger partial charge in [0.2, 0.25) is 11.8 Å². The summed E-state index contributed by atoms with van der Waals surface area (Å²) in [5.74, 6) is -1.04. The van der Waals surface area contributed by atoms with E-state index < -0.39 is 30.0 Å². The van der Waals surface area contributed by atoms with Crippen LogP contribution in [-0.2, 0) is 27.4 Å². The Labute approximate surface area is 202 Å². The molecule has 2 aromatic rings. The molecule has 0 aliphatic heterocycles. The summed E-state index contributed by atoms with van der Waals surface area (Å²) in [6.45, 7) is 2.25. The number of carbonyl (C=O) groups excluding carboxylic acids is 3. The lowest BCUT2D eigenvalue weighted by Crippen LogP contribution is -2.53. The normalized spacial score (nSPS) is 12.4. The first kappa shape index (κ1) is 26.9. The van der Waals surface area contributed by atoms with Gasteiger partial charge >= 0.3 is 6.09 Å². The van der Waals surface area contributed by atoms with Crippen molar-refractivity contribution in [2.75, 3.05) is 0 Å². The van der Waals surface area contributed by atoms with E-state index in [4.69, 9.17) is 10.5 Å². The number of alkyl carbamates (subject to hydrolysis) is 1. The molecule has 0 fully saturated rings. The van der Waals surface area contributed by atoms with Gasteiger partial charge in [0.25, 0.3) is 0 Å². The maximum Gasteiger partial charge on any atom is 0.408 e. The third-order valence-electron chi connectivity index (χ3n) is 5.61. The van der Waals surface area contributed by atoms with Gasteiger partial charge in [-0.05, 0) is 17.5 Å². The number of benzene rings is 2. The molecule has 2 atom stereocenters. The van der Waals surface area contributed by atoms with Crippen LogP contribution in [0.5, 0.6) is 0 Å². The summed E-state index contributed by atoms with van der Waals surface area (Å²) in [5.41, 5.74) is 7.26. The van der Waals surface area contributed by atoms with E-state index in [0.717, 1.165) is 36.8 Å². The highest BCUT2D eigenvalue weighted by atomic mass is 16.5. The third kappa shape index (κ3) is 10.5. The third-order valence-corrected chi connectivity index (χ3v) is 5.61. The number of carbonyl (C=O) groups is 3. The molecule has 0 unspecified atom stereocenters. The average Bonchev–Trinajstić information content (AvgIpc) is 2.84. The van der Waals surface area contributed by atoms with E-state index in [1.807, 2.05) is 60.7 Å². The van der Waals surface area contributed by atoms with Gasteiger partial charge in [0.1, 0.15) is 18.7 Å². The number of hydrogen-bond donors (Lipinski definition) is 3. The molecular weight excluding hydrogens is 430 g/mol. The average molecular weight is 468 g/mol. The van der Waals surface area contributed by atoms with Crippen molar-refractivity contribution in [3.8, 4) is 0 Å². The fourth-order valence-electron chi connectivity index (χ4n) is 3.65. The monoisotopic (exact) mass is 467 g/mol. The first-order valence-electron chi connectivity index (χ1n) is 12.1. The maximum absolute atomic E-state index is 13.1. The summed E-state index contributed by atoms with van der Waals surface area (Å²) in [5, 5.41) is 5.38. The van der Waals surface area contributed by atoms with Gasteiger partial charge in [-0.1, -0.05) is 106 Å². The Kier molecular flexibility index (Phi) is 12.2. The molecule has 7 heteroatoms. The smallest absolute Gasteiger partial charge is 0.408 e. The topological polar surface area (TPSA) is 111 Å². The summed E-state index contributed by atoms with van der Waals surface area (Å²) in [6.07, 6.45) is 6.44. The van der Waals surface area contributed by atoms with Crippen LogP contribution in [0.2, 0.25) is 0 Å². The fraction of sp³-hybridized carbons (Fsp3) is 0.444. The van der Waals surface area contributed by atoms with Crippen molar-refractivity contribution in [3.63, 3.8) is 0 Å². The van der Waals surface area contributed by atoms with Crippen molar-refractivity contribution in [1.29, 1.82) is 0 Å². The predicted octanol–water partition coefficient (Wildman–Crippen LogP) is 4.24. The Hall–Kier alpha value is -3.35. The number of unbranched alkanes of at least 4 members (excludes halogenated alkanes) is 5. The molecule has 2 aromatic carbocycles. The van der Waals surface area contributed by atoms with E-state index in [9.17, 15) is 14.4 Å². The standard InChI is InChI=1S/C27H37N3O4/c1-2-3-4-5-6-13-18-23(25(28)31)29-26(32)24(19-21-14-9-7-10-15-21)30-27(33)34-20-22-16-11-8-12-17-22/h7-12,14-17,23-24H,2-6,13,18-20H2,1H3,(H2,28,31)(H,29,32)(H,30,33)/t23-,24+/m0/s1. The van der Waals surface area contributed by atoms with Crippen molar-refractivity contribution in [2.24, 2.45) is 5.73 Å². The van der Waals surface area contributed by atoms with Crippen LogP contribution in [0.25, 0.3) is 0 Å². The second kappa shape index (κ2) is 15.5. The molecule has 0 aliphatic carbocycles. The molecule has 0 spiro atoms. The summed E-state index contributed by atoms with van der Waals surface area (Å²) in [6, 6.07) is 17.0. The van der Waals surface area contributed by atoms with Crippen LogP contribution < -0.4 is 16.4 Å². The lowest BCUT2D eigenvalue weighted by molar-refractivity contribution is -0.128. The fourth-order valence-corrected chi connectivity index (χ4v) is 3.65. The van der Waals surface area contributed by atoms with E-state index >= 15 is 0 Å². The molecule has 7 nitrogen and oxygen atoms in total. The number of rotatable bonds is 15. The van der Waals surface area contributed by atoms with Gasteiger partial charge in [-0.3, -0.25) is 9.59 Å². The highest BCUT2D eigenvalue weighted by molar-refractivity contribution is 5.90. The Morgan fingerprint density at radius 3 is 2.00 bits per heavy atom. The summed E-state index contributed by atoms with van der Waals surface area (Å²) < 4.78 is 5.29. The predicted molar refractivity (Wildman–Crippen MR) is 133 cm³/mol. The zero-order chi connectivity index (χ0) is 24.6. The number of nitrogens with one attached hydrogen (secondary N) is 2. The lowest BCUT2D eigenvalue weighted by atomic mass is 10.0. The molecule has 0 aromatic heterocycles. The van der Waals surface area contributed by atoms with Gasteiger partial charge in [0.05, 0.1) is 0 Å². The Balaban J connectivity index is 1.96. The first-order chi connectivity index (χ1) is 16.5. The van der Waals surface area contributed by atoms with Crippen LogP contribution in [0.15, 0.2) is 60.7 Å². The van der Waals surface area contributed by atoms with E-state index in [1.54, 1.807) is 0 Å². The largest absolute Gasteiger partial charge is 0.445 e. The zero-order valence-corrected chi connectivity index (χ0v) is 20.0. The summed E-state index contributed by atoms with van der Waals surface area (Å²) >= 11 is 0. The first-order valence-corrected chi connectivity index (χ1v) is 12.1. The van der Waals surface area contributed by atoms with Gasteiger partial charge in [-0.15, -0.1) is 0 Å². The van der Waals surface area contributed by atoms with Crippen molar-refractivity contribution >= 4 is 17.9 Å². The van der Waals surface area contributed by atoms with Crippen molar-refractivity contribution < 1.29 is 19.1 Å². The van der Waals surface area contributed by atoms with Gasteiger partial charge in [-0.2, -0.15) is 0 Å². The summed E-state index contributed by atoms with van der Waals surface area (Å²) in [7, 11) is 0. The highest BCUT2D eigenvalue weighted by Gasteiger charge is 2.26. The highest BCUT2D eigenvalue weighted by Crippen LogP contribution is 2.10.